The Morgan fingerprint density at radius 1 is 1.50 bits per heavy atom. The number of aromatic nitrogens is 1. The Labute approximate surface area is 77.0 Å². The fourth-order valence-corrected chi connectivity index (χ4v) is 2.68. The van der Waals surface area contributed by atoms with Gasteiger partial charge >= 0.3 is 0 Å². The molecule has 0 aliphatic heterocycles. The van der Waals surface area contributed by atoms with Crippen LogP contribution in [0.1, 0.15) is 28.9 Å². The summed E-state index contributed by atoms with van der Waals surface area (Å²) in [6.07, 6.45) is 3.78. The monoisotopic (exact) mass is 182 g/mol. The van der Waals surface area contributed by atoms with Gasteiger partial charge in [-0.3, -0.25) is 0 Å². The van der Waals surface area contributed by atoms with Gasteiger partial charge in [-0.05, 0) is 25.8 Å². The minimum atomic E-state index is 0.953. The minimum Gasteiger partial charge on any atom is -0.311 e. The first-order valence-electron chi connectivity index (χ1n) is 4.58. The smallest absolute Gasteiger partial charge is 0.107 e. The highest BCUT2D eigenvalue weighted by atomic mass is 32.1. The van der Waals surface area contributed by atoms with Crippen molar-refractivity contribution in [3.05, 3.63) is 15.6 Å². The van der Waals surface area contributed by atoms with Crippen LogP contribution < -0.4 is 5.32 Å². The summed E-state index contributed by atoms with van der Waals surface area (Å²) >= 11 is 1.89. The molecule has 0 spiro atoms. The van der Waals surface area contributed by atoms with Gasteiger partial charge in [0.1, 0.15) is 5.01 Å². The lowest BCUT2D eigenvalue weighted by Gasteiger charge is -1.95. The van der Waals surface area contributed by atoms with Gasteiger partial charge in [-0.2, -0.15) is 0 Å². The molecule has 1 aromatic rings. The molecule has 66 valence electrons. The molecule has 1 aromatic heterocycles. The predicted molar refractivity (Wildman–Crippen MR) is 51.5 cm³/mol. The lowest BCUT2D eigenvalue weighted by molar-refractivity contribution is 0.719. The zero-order valence-electron chi connectivity index (χ0n) is 7.39. The van der Waals surface area contributed by atoms with Crippen LogP contribution in [0.4, 0.5) is 0 Å². The molecule has 12 heavy (non-hydrogen) atoms. The first-order chi connectivity index (χ1) is 5.90. The number of thiazole rings is 1. The molecule has 0 radical (unpaired) electrons. The Kier molecular flexibility index (Phi) is 2.42. The molecular formula is C9H14N2S. The molecule has 1 aliphatic rings. The number of nitrogens with one attached hydrogen (secondary N) is 1. The average Bonchev–Trinajstić information content (AvgIpc) is 2.58. The molecular weight excluding hydrogens is 168 g/mol. The predicted octanol–water partition coefficient (Wildman–Crippen LogP) is 1.74. The summed E-state index contributed by atoms with van der Waals surface area (Å²) in [6, 6.07) is 0. The molecule has 0 saturated carbocycles. The van der Waals surface area contributed by atoms with E-state index in [4.69, 9.17) is 0 Å². The Morgan fingerprint density at radius 3 is 3.17 bits per heavy atom. The quantitative estimate of drug-likeness (QED) is 0.770. The fourth-order valence-electron chi connectivity index (χ4n) is 1.55. The van der Waals surface area contributed by atoms with E-state index in [1.165, 1.54) is 34.8 Å². The molecule has 0 saturated heterocycles. The van der Waals surface area contributed by atoms with Crippen LogP contribution in [0.5, 0.6) is 0 Å². The molecule has 2 rings (SSSR count). The van der Waals surface area contributed by atoms with E-state index < -0.39 is 0 Å². The van der Waals surface area contributed by atoms with Crippen molar-refractivity contribution in [2.24, 2.45) is 0 Å². The molecule has 0 unspecified atom stereocenters. The Hall–Kier alpha value is -0.410. The maximum absolute atomic E-state index is 4.58. The largest absolute Gasteiger partial charge is 0.311 e. The average molecular weight is 182 g/mol. The van der Waals surface area contributed by atoms with Gasteiger partial charge in [-0.25, -0.2) is 4.98 Å². The molecule has 3 heteroatoms. The zero-order chi connectivity index (χ0) is 8.39. The number of nitrogens with zero attached hydrogens (tertiary/aromatic N) is 1. The number of fused-ring (bicyclic) bond motifs is 1. The summed E-state index contributed by atoms with van der Waals surface area (Å²) in [5, 5.41) is 4.57. The van der Waals surface area contributed by atoms with Crippen LogP contribution in [0.15, 0.2) is 0 Å². The van der Waals surface area contributed by atoms with E-state index >= 15 is 0 Å². The van der Waals surface area contributed by atoms with Crippen molar-refractivity contribution in [3.8, 4) is 0 Å². The summed E-state index contributed by atoms with van der Waals surface area (Å²) in [6.45, 7) is 4.11. The molecule has 0 bridgehead atoms. The van der Waals surface area contributed by atoms with Crippen molar-refractivity contribution in [2.45, 2.75) is 32.7 Å². The third-order valence-corrected chi connectivity index (χ3v) is 3.32. The van der Waals surface area contributed by atoms with Crippen LogP contribution in [0.3, 0.4) is 0 Å². The van der Waals surface area contributed by atoms with Crippen molar-refractivity contribution < 1.29 is 0 Å². The van der Waals surface area contributed by atoms with Gasteiger partial charge in [0.15, 0.2) is 0 Å². The van der Waals surface area contributed by atoms with Gasteiger partial charge in [0, 0.05) is 11.4 Å². The first-order valence-corrected chi connectivity index (χ1v) is 5.40. The number of hydrogen-bond donors (Lipinski definition) is 1. The van der Waals surface area contributed by atoms with Gasteiger partial charge in [0.25, 0.3) is 0 Å². The van der Waals surface area contributed by atoms with Gasteiger partial charge in [-0.15, -0.1) is 11.3 Å². The van der Waals surface area contributed by atoms with E-state index in [1.807, 2.05) is 11.3 Å². The first kappa shape index (κ1) is 8.20. The summed E-state index contributed by atoms with van der Waals surface area (Å²) in [4.78, 5) is 6.11. The lowest BCUT2D eigenvalue weighted by atomic mass is 10.4. The second kappa shape index (κ2) is 3.54. The molecule has 2 nitrogen and oxygen atoms in total. The van der Waals surface area contributed by atoms with Gasteiger partial charge in [0.05, 0.1) is 5.69 Å². The third kappa shape index (κ3) is 1.52. The molecule has 1 N–H and O–H groups in total. The van der Waals surface area contributed by atoms with E-state index in [1.54, 1.807) is 0 Å². The minimum absolute atomic E-state index is 0.953. The van der Waals surface area contributed by atoms with Crippen molar-refractivity contribution in [2.75, 3.05) is 6.54 Å². The highest BCUT2D eigenvalue weighted by Gasteiger charge is 2.15. The van der Waals surface area contributed by atoms with E-state index in [0.29, 0.717) is 0 Å². The standard InChI is InChI=1S/C9H14N2S/c1-2-10-6-9-11-7-4-3-5-8(7)12-9/h10H,2-6H2,1H3. The van der Waals surface area contributed by atoms with Crippen LogP contribution in [0.2, 0.25) is 0 Å². The van der Waals surface area contributed by atoms with Crippen LogP contribution in [0.25, 0.3) is 0 Å². The third-order valence-electron chi connectivity index (χ3n) is 2.17. The Bertz CT molecular complexity index is 246. The summed E-state index contributed by atoms with van der Waals surface area (Å²) in [5.74, 6) is 0. The lowest BCUT2D eigenvalue weighted by Crippen LogP contribution is -2.11. The molecule has 0 aromatic carbocycles. The maximum atomic E-state index is 4.58. The highest BCUT2D eigenvalue weighted by Crippen LogP contribution is 2.27. The SMILES string of the molecule is CCNCc1nc2c(s1)CCC2. The van der Waals surface area contributed by atoms with Crippen LogP contribution in [0, 0.1) is 0 Å². The van der Waals surface area contributed by atoms with Gasteiger partial charge in [0.2, 0.25) is 0 Å². The Morgan fingerprint density at radius 2 is 2.42 bits per heavy atom. The van der Waals surface area contributed by atoms with Crippen molar-refractivity contribution in [3.63, 3.8) is 0 Å². The maximum Gasteiger partial charge on any atom is 0.107 e. The van der Waals surface area contributed by atoms with Gasteiger partial charge in [-0.1, -0.05) is 6.92 Å². The summed E-state index contributed by atoms with van der Waals surface area (Å²) < 4.78 is 0. The number of hydrogen-bond acceptors (Lipinski definition) is 3. The number of rotatable bonds is 3. The number of aryl methyl sites for hydroxylation is 2. The van der Waals surface area contributed by atoms with E-state index in [2.05, 4.69) is 17.2 Å². The van der Waals surface area contributed by atoms with Crippen molar-refractivity contribution in [1.82, 2.24) is 10.3 Å². The zero-order valence-corrected chi connectivity index (χ0v) is 8.21. The van der Waals surface area contributed by atoms with Crippen molar-refractivity contribution >= 4 is 11.3 Å². The topological polar surface area (TPSA) is 24.9 Å². The Balaban J connectivity index is 2.05. The van der Waals surface area contributed by atoms with Crippen molar-refractivity contribution in [1.29, 1.82) is 0 Å². The molecule has 0 fully saturated rings. The van der Waals surface area contributed by atoms with Crippen LogP contribution in [-0.4, -0.2) is 11.5 Å². The molecule has 0 atom stereocenters. The van der Waals surface area contributed by atoms with E-state index in [0.717, 1.165) is 13.1 Å². The van der Waals surface area contributed by atoms with E-state index in [9.17, 15) is 0 Å². The summed E-state index contributed by atoms with van der Waals surface area (Å²) in [5.41, 5.74) is 1.37. The van der Waals surface area contributed by atoms with Gasteiger partial charge < -0.3 is 5.32 Å². The normalized spacial score (nSPS) is 15.1. The van der Waals surface area contributed by atoms with Crippen LogP contribution >= 0.6 is 11.3 Å². The second-order valence-electron chi connectivity index (χ2n) is 3.11. The second-order valence-corrected chi connectivity index (χ2v) is 4.28. The fraction of sp³-hybridized carbons (Fsp3) is 0.667. The summed E-state index contributed by atoms with van der Waals surface area (Å²) in [7, 11) is 0. The van der Waals surface area contributed by atoms with E-state index in [-0.39, 0.29) is 0 Å². The molecule has 1 aliphatic carbocycles. The molecule has 0 amide bonds. The van der Waals surface area contributed by atoms with Crippen LogP contribution in [-0.2, 0) is 19.4 Å². The highest BCUT2D eigenvalue weighted by molar-refractivity contribution is 7.11. The molecule has 1 heterocycles.